The second kappa shape index (κ2) is 13.2. The number of hydrogen-bond donors (Lipinski definition) is 4. The van der Waals surface area contributed by atoms with Crippen molar-refractivity contribution < 1.29 is 13.2 Å². The van der Waals surface area contributed by atoms with E-state index in [1.807, 2.05) is 18.7 Å². The topological polar surface area (TPSA) is 126 Å². The fraction of sp³-hybridized carbons (Fsp3) is 0.462. The molecule has 1 atom stereocenters. The normalized spacial score (nSPS) is 16.2. The van der Waals surface area contributed by atoms with Crippen LogP contribution < -0.4 is 16.4 Å². The molecule has 1 aliphatic rings. The standard InChI is InChI=1S/C26H35F3N8/c1-5-7-21(12-30)34-17-35-24(37-14-18(15-37)11-25(2,3)16-32)22(13-31)23(33-4)36-20-9-6-8-19(10-20)26(27,28)29/h5-6,8-10,13,18,21,31,34,36H,1,4,7,11-12,14-15,17,30H2,2-3H3/b23-22+,31-13?,35-24+. The minimum absolute atomic E-state index is 0.0317. The quantitative estimate of drug-likeness (QED) is 0.176. The number of nitrogens with zero attached hydrogens (tertiary/aromatic N) is 4. The molecule has 200 valence electrons. The van der Waals surface area contributed by atoms with Crippen LogP contribution in [0.4, 0.5) is 18.9 Å². The molecule has 0 bridgehead atoms. The zero-order chi connectivity index (χ0) is 27.6. The number of nitrogens with one attached hydrogen (secondary N) is 3. The molecule has 2 rings (SSSR count). The lowest BCUT2D eigenvalue weighted by Crippen LogP contribution is -2.52. The van der Waals surface area contributed by atoms with Crippen LogP contribution in [-0.4, -0.2) is 56.0 Å². The number of nitrogens with two attached hydrogens (primary N) is 1. The third-order valence-corrected chi connectivity index (χ3v) is 5.95. The lowest BCUT2D eigenvalue weighted by molar-refractivity contribution is -0.137. The van der Waals surface area contributed by atoms with E-state index in [2.05, 4.69) is 40.0 Å². The van der Waals surface area contributed by atoms with Crippen LogP contribution in [0.1, 0.15) is 32.3 Å². The van der Waals surface area contributed by atoms with Crippen LogP contribution >= 0.6 is 0 Å². The van der Waals surface area contributed by atoms with Gasteiger partial charge in [-0.3, -0.25) is 10.3 Å². The summed E-state index contributed by atoms with van der Waals surface area (Å²) in [7, 11) is 0. The number of amidine groups is 1. The predicted molar refractivity (Wildman–Crippen MR) is 143 cm³/mol. The number of benzene rings is 1. The highest BCUT2D eigenvalue weighted by molar-refractivity contribution is 6.15. The van der Waals surface area contributed by atoms with Crippen LogP contribution in [0.25, 0.3) is 0 Å². The highest BCUT2D eigenvalue weighted by Gasteiger charge is 2.35. The van der Waals surface area contributed by atoms with Gasteiger partial charge in [0.15, 0.2) is 0 Å². The third-order valence-electron chi connectivity index (χ3n) is 5.95. The minimum Gasteiger partial charge on any atom is -0.356 e. The van der Waals surface area contributed by atoms with E-state index in [4.69, 9.17) is 11.1 Å². The molecule has 0 amide bonds. The zero-order valence-corrected chi connectivity index (χ0v) is 21.3. The lowest BCUT2D eigenvalue weighted by Gasteiger charge is -2.43. The average molecular weight is 517 g/mol. The van der Waals surface area contributed by atoms with E-state index >= 15 is 0 Å². The maximum atomic E-state index is 13.2. The molecule has 0 saturated carbocycles. The Morgan fingerprint density at radius 3 is 2.62 bits per heavy atom. The smallest absolute Gasteiger partial charge is 0.356 e. The van der Waals surface area contributed by atoms with Crippen molar-refractivity contribution in [3.8, 4) is 6.07 Å². The van der Waals surface area contributed by atoms with E-state index in [1.165, 1.54) is 12.1 Å². The van der Waals surface area contributed by atoms with Gasteiger partial charge in [0.05, 0.1) is 29.3 Å². The van der Waals surface area contributed by atoms with Gasteiger partial charge in [-0.15, -0.1) is 6.58 Å². The summed E-state index contributed by atoms with van der Waals surface area (Å²) in [6.07, 6.45) is -0.326. The number of halogens is 3. The molecule has 0 spiro atoms. The van der Waals surface area contributed by atoms with Crippen LogP contribution in [0.3, 0.4) is 0 Å². The van der Waals surface area contributed by atoms with Gasteiger partial charge in [0.25, 0.3) is 0 Å². The molecule has 1 aromatic carbocycles. The number of anilines is 1. The van der Waals surface area contributed by atoms with E-state index in [0.717, 1.165) is 18.3 Å². The fourth-order valence-electron chi connectivity index (χ4n) is 4.05. The molecule has 1 aliphatic heterocycles. The summed E-state index contributed by atoms with van der Waals surface area (Å²) in [5.41, 5.74) is 4.95. The van der Waals surface area contributed by atoms with Crippen molar-refractivity contribution in [1.82, 2.24) is 10.2 Å². The summed E-state index contributed by atoms with van der Waals surface area (Å²) in [6, 6.07) is 7.00. The van der Waals surface area contributed by atoms with Gasteiger partial charge in [0.2, 0.25) is 0 Å². The number of rotatable bonds is 13. The van der Waals surface area contributed by atoms with Gasteiger partial charge in [-0.05, 0) is 57.5 Å². The van der Waals surface area contributed by atoms with Crippen LogP contribution in [0.2, 0.25) is 0 Å². The Bertz CT molecular complexity index is 1060. The molecular weight excluding hydrogens is 481 g/mol. The Labute approximate surface area is 216 Å². The summed E-state index contributed by atoms with van der Waals surface area (Å²) >= 11 is 0. The van der Waals surface area contributed by atoms with Gasteiger partial charge in [-0.25, -0.2) is 4.99 Å². The van der Waals surface area contributed by atoms with E-state index in [9.17, 15) is 18.4 Å². The lowest BCUT2D eigenvalue weighted by atomic mass is 9.80. The van der Waals surface area contributed by atoms with Gasteiger partial charge in [0, 0.05) is 37.6 Å². The van der Waals surface area contributed by atoms with Crippen molar-refractivity contribution >= 4 is 24.5 Å². The van der Waals surface area contributed by atoms with Gasteiger partial charge in [-0.2, -0.15) is 18.4 Å². The van der Waals surface area contributed by atoms with Gasteiger partial charge in [-0.1, -0.05) is 12.1 Å². The third kappa shape index (κ3) is 8.55. The van der Waals surface area contributed by atoms with Crippen molar-refractivity contribution in [2.75, 3.05) is 31.6 Å². The molecule has 1 heterocycles. The van der Waals surface area contributed by atoms with Crippen LogP contribution in [0.5, 0.6) is 0 Å². The van der Waals surface area contributed by atoms with E-state index in [0.29, 0.717) is 38.3 Å². The molecule has 37 heavy (non-hydrogen) atoms. The Hall–Kier alpha value is -3.49. The molecule has 1 unspecified atom stereocenters. The maximum Gasteiger partial charge on any atom is 0.416 e. The van der Waals surface area contributed by atoms with E-state index in [1.54, 1.807) is 6.08 Å². The summed E-state index contributed by atoms with van der Waals surface area (Å²) in [5.74, 6) is 0.814. The first kappa shape index (κ1) is 29.7. The first-order valence-corrected chi connectivity index (χ1v) is 11.9. The highest BCUT2D eigenvalue weighted by Crippen LogP contribution is 2.33. The minimum atomic E-state index is -4.50. The molecule has 1 fully saturated rings. The SMILES string of the molecule is C=CCC(CN)NC/N=C(\C(C=N)=C(/N=C)Nc1cccc(C(F)(F)F)c1)N1CC(CC(C)(C)C#N)C1. The van der Waals surface area contributed by atoms with Gasteiger partial charge in [0.1, 0.15) is 11.7 Å². The summed E-state index contributed by atoms with van der Waals surface area (Å²) < 4.78 is 39.6. The Kier molecular flexibility index (Phi) is 10.6. The number of nitriles is 1. The van der Waals surface area contributed by atoms with Gasteiger partial charge < -0.3 is 21.4 Å². The van der Waals surface area contributed by atoms with Gasteiger partial charge >= 0.3 is 6.18 Å². The van der Waals surface area contributed by atoms with Crippen LogP contribution in [0.15, 0.2) is 58.3 Å². The first-order valence-electron chi connectivity index (χ1n) is 11.9. The van der Waals surface area contributed by atoms with E-state index < -0.39 is 17.2 Å². The molecule has 0 aliphatic carbocycles. The molecule has 0 aromatic heterocycles. The predicted octanol–water partition coefficient (Wildman–Crippen LogP) is 4.40. The summed E-state index contributed by atoms with van der Waals surface area (Å²) in [5, 5.41) is 23.5. The first-order chi connectivity index (χ1) is 17.5. The second-order valence-electron chi connectivity index (χ2n) is 9.54. The zero-order valence-electron chi connectivity index (χ0n) is 21.3. The molecule has 8 nitrogen and oxygen atoms in total. The monoisotopic (exact) mass is 516 g/mol. The Morgan fingerprint density at radius 2 is 2.08 bits per heavy atom. The van der Waals surface area contributed by atoms with Crippen molar-refractivity contribution in [2.45, 2.75) is 38.9 Å². The number of likely N-dealkylation sites (tertiary alicyclic amines) is 1. The van der Waals surface area contributed by atoms with Crippen molar-refractivity contribution in [3.05, 3.63) is 53.9 Å². The van der Waals surface area contributed by atoms with E-state index in [-0.39, 0.29) is 35.7 Å². The number of alkyl halides is 3. The fourth-order valence-corrected chi connectivity index (χ4v) is 4.05. The molecule has 1 saturated heterocycles. The molecular formula is C26H35F3N8. The highest BCUT2D eigenvalue weighted by atomic mass is 19.4. The number of aliphatic imine (C=N–C) groups is 2. The molecule has 11 heteroatoms. The molecule has 0 radical (unpaired) electrons. The molecule has 5 N–H and O–H groups in total. The molecule has 1 aromatic rings. The maximum absolute atomic E-state index is 13.2. The van der Waals surface area contributed by atoms with Crippen molar-refractivity contribution in [1.29, 1.82) is 10.7 Å². The second-order valence-corrected chi connectivity index (χ2v) is 9.54. The van der Waals surface area contributed by atoms with Crippen molar-refractivity contribution in [2.24, 2.45) is 27.1 Å². The summed E-state index contributed by atoms with van der Waals surface area (Å²) in [6.45, 7) is 12.9. The average Bonchev–Trinajstić information content (AvgIpc) is 2.83. The largest absolute Gasteiger partial charge is 0.416 e. The Balaban J connectivity index is 2.37. The summed E-state index contributed by atoms with van der Waals surface area (Å²) in [4.78, 5) is 10.6. The van der Waals surface area contributed by atoms with Crippen LogP contribution in [-0.2, 0) is 6.18 Å². The Morgan fingerprint density at radius 1 is 1.38 bits per heavy atom. The number of hydrogen-bond acceptors (Lipinski definition) is 7. The van der Waals surface area contributed by atoms with Crippen molar-refractivity contribution in [3.63, 3.8) is 0 Å². The van der Waals surface area contributed by atoms with Crippen LogP contribution in [0, 0.1) is 28.1 Å².